The quantitative estimate of drug-likeness (QED) is 0.523. The van der Waals surface area contributed by atoms with Crippen molar-refractivity contribution in [1.82, 2.24) is 25.6 Å². The zero-order chi connectivity index (χ0) is 20.0. The van der Waals surface area contributed by atoms with Crippen LogP contribution in [-0.4, -0.2) is 26.6 Å². The number of hydrogen-bond donors (Lipinski definition) is 2. The maximum absolute atomic E-state index is 12.6. The number of hydrazine groups is 1. The predicted molar refractivity (Wildman–Crippen MR) is 104 cm³/mol. The highest BCUT2D eigenvalue weighted by molar-refractivity contribution is 6.02. The highest BCUT2D eigenvalue weighted by Gasteiger charge is 2.20. The van der Waals surface area contributed by atoms with Crippen LogP contribution in [0.4, 0.5) is 0 Å². The first kappa shape index (κ1) is 17.7. The smallest absolute Gasteiger partial charge is 0.305 e. The normalized spacial score (nSPS) is 11.1. The largest absolute Gasteiger partial charge is 0.451 e. The van der Waals surface area contributed by atoms with E-state index in [2.05, 4.69) is 20.9 Å². The Balaban J connectivity index is 1.56. The second-order valence-electron chi connectivity index (χ2n) is 6.66. The number of benzene rings is 1. The van der Waals surface area contributed by atoms with E-state index in [1.807, 2.05) is 25.1 Å². The van der Waals surface area contributed by atoms with E-state index in [0.29, 0.717) is 28.1 Å². The zero-order valence-corrected chi connectivity index (χ0v) is 16.0. The molecule has 0 radical (unpaired) electrons. The summed E-state index contributed by atoms with van der Waals surface area (Å²) >= 11 is 0. The Morgan fingerprint density at radius 2 is 1.71 bits per heavy atom. The Labute approximate surface area is 160 Å². The second kappa shape index (κ2) is 6.49. The summed E-state index contributed by atoms with van der Waals surface area (Å²) in [7, 11) is 1.80. The van der Waals surface area contributed by atoms with E-state index >= 15 is 0 Å². The number of amides is 2. The van der Waals surface area contributed by atoms with Gasteiger partial charge in [0.2, 0.25) is 0 Å². The lowest BCUT2D eigenvalue weighted by Crippen LogP contribution is -2.42. The van der Waals surface area contributed by atoms with Crippen LogP contribution in [0.1, 0.15) is 37.9 Å². The maximum Gasteiger partial charge on any atom is 0.305 e. The highest BCUT2D eigenvalue weighted by Crippen LogP contribution is 2.24. The van der Waals surface area contributed by atoms with Gasteiger partial charge in [-0.2, -0.15) is 5.10 Å². The van der Waals surface area contributed by atoms with Crippen molar-refractivity contribution in [2.75, 3.05) is 0 Å². The van der Waals surface area contributed by atoms with Crippen molar-refractivity contribution < 1.29 is 14.0 Å². The Bertz CT molecular complexity index is 1250. The molecule has 28 heavy (non-hydrogen) atoms. The first-order valence-corrected chi connectivity index (χ1v) is 8.76. The van der Waals surface area contributed by atoms with E-state index in [-0.39, 0.29) is 5.76 Å². The van der Waals surface area contributed by atoms with Crippen molar-refractivity contribution in [2.45, 2.75) is 20.8 Å². The number of carbonyl (C=O) groups excluding carboxylic acids is 2. The van der Waals surface area contributed by atoms with Crippen LogP contribution in [0.3, 0.4) is 0 Å². The van der Waals surface area contributed by atoms with Crippen molar-refractivity contribution in [3.8, 4) is 0 Å². The predicted octanol–water partition coefficient (Wildman–Crippen LogP) is 2.71. The average molecular weight is 377 g/mol. The number of aromatic nitrogens is 3. The van der Waals surface area contributed by atoms with Crippen molar-refractivity contribution in [3.05, 3.63) is 58.6 Å². The molecule has 3 heterocycles. The van der Waals surface area contributed by atoms with Gasteiger partial charge in [0, 0.05) is 23.4 Å². The number of hydrogen-bond acceptors (Lipinski definition) is 5. The van der Waals surface area contributed by atoms with Gasteiger partial charge in [-0.05, 0) is 32.9 Å². The van der Waals surface area contributed by atoms with Gasteiger partial charge in [0.1, 0.15) is 5.58 Å². The minimum Gasteiger partial charge on any atom is -0.451 e. The molecule has 8 heteroatoms. The van der Waals surface area contributed by atoms with Gasteiger partial charge in [-0.25, -0.2) is 4.98 Å². The number of aryl methyl sites for hydroxylation is 4. The van der Waals surface area contributed by atoms with Gasteiger partial charge in [0.05, 0.1) is 17.0 Å². The second-order valence-corrected chi connectivity index (χ2v) is 6.66. The molecule has 0 fully saturated rings. The number of nitrogens with zero attached hydrogens (tertiary/aromatic N) is 3. The van der Waals surface area contributed by atoms with Crippen LogP contribution in [0.25, 0.3) is 22.0 Å². The molecule has 2 N–H and O–H groups in total. The van der Waals surface area contributed by atoms with E-state index in [1.54, 1.807) is 37.7 Å². The maximum atomic E-state index is 12.6. The van der Waals surface area contributed by atoms with Crippen molar-refractivity contribution in [2.24, 2.45) is 7.05 Å². The third-order valence-corrected chi connectivity index (χ3v) is 4.77. The molecule has 0 aliphatic rings. The molecular formula is C20H19N5O3. The van der Waals surface area contributed by atoms with Crippen molar-refractivity contribution in [3.63, 3.8) is 0 Å². The fraction of sp³-hybridized carbons (Fsp3) is 0.200. The van der Waals surface area contributed by atoms with E-state index in [0.717, 1.165) is 16.5 Å². The molecule has 4 rings (SSSR count). The SMILES string of the molecule is Cc1nc2c(cc1C(=O)NNC(=O)c1oc3ccccc3c1C)c(C)nn2C. The third kappa shape index (κ3) is 2.79. The number of pyridine rings is 1. The molecule has 0 aliphatic heterocycles. The number of fused-ring (bicyclic) bond motifs is 2. The molecule has 0 saturated heterocycles. The monoisotopic (exact) mass is 377 g/mol. The highest BCUT2D eigenvalue weighted by atomic mass is 16.3. The van der Waals surface area contributed by atoms with Gasteiger partial charge >= 0.3 is 5.91 Å². The fourth-order valence-electron chi connectivity index (χ4n) is 3.29. The molecule has 0 aliphatic carbocycles. The first-order valence-electron chi connectivity index (χ1n) is 8.76. The summed E-state index contributed by atoms with van der Waals surface area (Å²) in [4.78, 5) is 29.5. The van der Waals surface area contributed by atoms with Gasteiger partial charge in [-0.3, -0.25) is 25.1 Å². The van der Waals surface area contributed by atoms with E-state index in [4.69, 9.17) is 4.42 Å². The van der Waals surface area contributed by atoms with E-state index in [9.17, 15) is 9.59 Å². The Hall–Kier alpha value is -3.68. The molecule has 4 aromatic rings. The minimum atomic E-state index is -0.522. The molecule has 2 amide bonds. The Morgan fingerprint density at radius 1 is 1.00 bits per heavy atom. The Kier molecular flexibility index (Phi) is 4.11. The molecule has 8 nitrogen and oxygen atoms in total. The van der Waals surface area contributed by atoms with Crippen molar-refractivity contribution in [1.29, 1.82) is 0 Å². The summed E-state index contributed by atoms with van der Waals surface area (Å²) in [6.07, 6.45) is 0. The van der Waals surface area contributed by atoms with Crippen LogP contribution in [0.5, 0.6) is 0 Å². The van der Waals surface area contributed by atoms with Crippen LogP contribution in [0.2, 0.25) is 0 Å². The molecule has 0 atom stereocenters. The summed E-state index contributed by atoms with van der Waals surface area (Å²) in [5.41, 5.74) is 8.57. The molecule has 0 saturated carbocycles. The van der Waals surface area contributed by atoms with Crippen LogP contribution in [0, 0.1) is 20.8 Å². The van der Waals surface area contributed by atoms with Gasteiger partial charge in [0.15, 0.2) is 11.4 Å². The van der Waals surface area contributed by atoms with Crippen molar-refractivity contribution >= 4 is 33.8 Å². The number of para-hydroxylation sites is 1. The van der Waals surface area contributed by atoms with Gasteiger partial charge in [-0.15, -0.1) is 0 Å². The number of nitrogens with one attached hydrogen (secondary N) is 2. The van der Waals surface area contributed by atoms with Crippen LogP contribution < -0.4 is 10.9 Å². The molecule has 142 valence electrons. The van der Waals surface area contributed by atoms with Gasteiger partial charge < -0.3 is 4.42 Å². The van der Waals surface area contributed by atoms with Gasteiger partial charge in [0.25, 0.3) is 5.91 Å². The van der Waals surface area contributed by atoms with Crippen LogP contribution in [-0.2, 0) is 7.05 Å². The third-order valence-electron chi connectivity index (χ3n) is 4.77. The lowest BCUT2D eigenvalue weighted by atomic mass is 10.1. The summed E-state index contributed by atoms with van der Waals surface area (Å²) in [6, 6.07) is 9.11. The summed E-state index contributed by atoms with van der Waals surface area (Å²) in [5.74, 6) is -0.821. The average Bonchev–Trinajstić information content (AvgIpc) is 3.15. The Morgan fingerprint density at radius 3 is 2.46 bits per heavy atom. The van der Waals surface area contributed by atoms with Crippen LogP contribution in [0.15, 0.2) is 34.7 Å². The van der Waals surface area contributed by atoms with Gasteiger partial charge in [-0.1, -0.05) is 18.2 Å². The molecular weight excluding hydrogens is 358 g/mol. The van der Waals surface area contributed by atoms with Crippen LogP contribution >= 0.6 is 0 Å². The minimum absolute atomic E-state index is 0.162. The topological polar surface area (TPSA) is 102 Å². The number of furan rings is 1. The number of carbonyl (C=O) groups is 2. The molecule has 0 spiro atoms. The molecule has 0 unspecified atom stereocenters. The van der Waals surface area contributed by atoms with E-state index in [1.165, 1.54) is 0 Å². The standard InChI is InChI=1S/C20H19N5O3/c1-10-13-7-5-6-8-16(13)28-17(10)20(27)23-22-19(26)15-9-14-12(3)24-25(4)18(14)21-11(15)2/h5-9H,1-4H3,(H,22,26)(H,23,27). The molecule has 3 aromatic heterocycles. The fourth-order valence-corrected chi connectivity index (χ4v) is 3.29. The lowest BCUT2D eigenvalue weighted by Gasteiger charge is -2.09. The summed E-state index contributed by atoms with van der Waals surface area (Å²) < 4.78 is 7.28. The summed E-state index contributed by atoms with van der Waals surface area (Å²) in [5, 5.41) is 5.96. The molecule has 0 bridgehead atoms. The number of rotatable bonds is 2. The first-order chi connectivity index (χ1) is 13.4. The summed E-state index contributed by atoms with van der Waals surface area (Å²) in [6.45, 7) is 5.39. The van der Waals surface area contributed by atoms with E-state index < -0.39 is 11.8 Å². The molecule has 1 aromatic carbocycles. The lowest BCUT2D eigenvalue weighted by molar-refractivity contribution is 0.0831. The zero-order valence-electron chi connectivity index (χ0n) is 16.0.